The average Bonchev–Trinajstić information content (AvgIpc) is 3.43. The number of benzene rings is 3. The first kappa shape index (κ1) is 26.2. The van der Waals surface area contributed by atoms with E-state index >= 15 is 0 Å². The van der Waals surface area contributed by atoms with Gasteiger partial charge in [0.2, 0.25) is 0 Å². The number of aromatic nitrogens is 2. The first-order chi connectivity index (χ1) is 19.5. The van der Waals surface area contributed by atoms with Crippen LogP contribution in [0.15, 0.2) is 91.1 Å². The quantitative estimate of drug-likeness (QED) is 0.258. The molecule has 1 aromatic heterocycles. The summed E-state index contributed by atoms with van der Waals surface area (Å²) in [6.45, 7) is 0.586. The number of hydrogen-bond acceptors (Lipinski definition) is 7. The van der Waals surface area contributed by atoms with Crippen LogP contribution in [0.1, 0.15) is 11.1 Å². The number of fused-ring (bicyclic) bond motifs is 1. The molecular weight excluding hydrogens is 512 g/mol. The minimum Gasteiger partial charge on any atom is -0.486 e. The Morgan fingerprint density at radius 1 is 0.925 bits per heavy atom. The number of urea groups is 1. The molecule has 0 bridgehead atoms. The van der Waals surface area contributed by atoms with Gasteiger partial charge in [0.05, 0.1) is 5.69 Å². The molecule has 1 aliphatic rings. The van der Waals surface area contributed by atoms with Crippen molar-refractivity contribution in [1.82, 2.24) is 20.4 Å². The molecule has 0 spiro atoms. The largest absolute Gasteiger partial charge is 0.486 e. The van der Waals surface area contributed by atoms with E-state index in [0.29, 0.717) is 36.0 Å². The van der Waals surface area contributed by atoms with Crippen molar-refractivity contribution in [3.05, 3.63) is 102 Å². The van der Waals surface area contributed by atoms with E-state index in [9.17, 15) is 14.4 Å². The van der Waals surface area contributed by atoms with Crippen LogP contribution < -0.4 is 20.1 Å². The molecule has 1 aliphatic heterocycles. The number of nitrogens with one attached hydrogen (secondary N) is 2. The Kier molecular flexibility index (Phi) is 8.16. The molecule has 0 saturated heterocycles. The maximum atomic E-state index is 12.4. The zero-order valence-electron chi connectivity index (χ0n) is 21.4. The van der Waals surface area contributed by atoms with Gasteiger partial charge >= 0.3 is 12.0 Å². The number of imide groups is 1. The molecule has 40 heavy (non-hydrogen) atoms. The standard InChI is InChI=1S/C30H26N4O6/c35-27(32-30(37)31-18-21-7-3-1-4-8-21)20-40-28(36)14-12-23-19-34(24-9-5-2-6-10-24)33-29(23)22-11-13-25-26(17-22)39-16-15-38-25/h1-14,17,19H,15-16,18,20H2,(H2,31,32,35,37)/b14-12+. The van der Waals surface area contributed by atoms with Crippen LogP contribution in [0.25, 0.3) is 23.0 Å². The molecule has 0 radical (unpaired) electrons. The highest BCUT2D eigenvalue weighted by atomic mass is 16.6. The van der Waals surface area contributed by atoms with Crippen LogP contribution in [-0.4, -0.2) is 47.5 Å². The van der Waals surface area contributed by atoms with Gasteiger partial charge in [0.25, 0.3) is 5.91 Å². The third-order valence-electron chi connectivity index (χ3n) is 5.87. The van der Waals surface area contributed by atoms with Gasteiger partial charge in [-0.1, -0.05) is 48.5 Å². The fourth-order valence-corrected chi connectivity index (χ4v) is 3.96. The molecule has 3 amide bonds. The molecule has 0 aliphatic carbocycles. The lowest BCUT2D eigenvalue weighted by Gasteiger charge is -2.18. The Bertz CT molecular complexity index is 1530. The van der Waals surface area contributed by atoms with Crippen molar-refractivity contribution in [1.29, 1.82) is 0 Å². The molecule has 4 aromatic rings. The van der Waals surface area contributed by atoms with Gasteiger partial charge in [-0.05, 0) is 42.0 Å². The second-order valence-corrected chi connectivity index (χ2v) is 8.73. The fraction of sp³-hybridized carbons (Fsp3) is 0.133. The summed E-state index contributed by atoms with van der Waals surface area (Å²) >= 11 is 0. The highest BCUT2D eigenvalue weighted by molar-refractivity contribution is 5.96. The predicted molar refractivity (Wildman–Crippen MR) is 147 cm³/mol. The Labute approximate surface area is 230 Å². The first-order valence-electron chi connectivity index (χ1n) is 12.6. The Morgan fingerprint density at radius 3 is 2.42 bits per heavy atom. The third-order valence-corrected chi connectivity index (χ3v) is 5.87. The van der Waals surface area contributed by atoms with Gasteiger partial charge in [0.1, 0.15) is 18.9 Å². The highest BCUT2D eigenvalue weighted by Crippen LogP contribution is 2.35. The Balaban J connectivity index is 1.23. The lowest BCUT2D eigenvalue weighted by atomic mass is 10.1. The monoisotopic (exact) mass is 538 g/mol. The number of hydrogen-bond donors (Lipinski definition) is 2. The molecule has 0 atom stereocenters. The summed E-state index contributed by atoms with van der Waals surface area (Å²) in [7, 11) is 0. The normalized spacial score (nSPS) is 12.1. The molecule has 2 N–H and O–H groups in total. The van der Waals surface area contributed by atoms with E-state index in [1.165, 1.54) is 6.08 Å². The Morgan fingerprint density at radius 2 is 1.65 bits per heavy atom. The van der Waals surface area contributed by atoms with E-state index in [0.717, 1.165) is 16.8 Å². The molecule has 0 unspecified atom stereocenters. The minimum atomic E-state index is -0.750. The summed E-state index contributed by atoms with van der Waals surface area (Å²) in [6.07, 6.45) is 4.55. The summed E-state index contributed by atoms with van der Waals surface area (Å²) in [6, 6.07) is 23.6. The van der Waals surface area contributed by atoms with Gasteiger partial charge in [-0.3, -0.25) is 10.1 Å². The van der Waals surface area contributed by atoms with E-state index in [2.05, 4.69) is 10.6 Å². The van der Waals surface area contributed by atoms with Crippen molar-refractivity contribution in [3.63, 3.8) is 0 Å². The summed E-state index contributed by atoms with van der Waals surface area (Å²) < 4.78 is 18.1. The van der Waals surface area contributed by atoms with Gasteiger partial charge in [0, 0.05) is 29.9 Å². The van der Waals surface area contributed by atoms with Gasteiger partial charge in [-0.2, -0.15) is 5.10 Å². The second-order valence-electron chi connectivity index (χ2n) is 8.73. The van der Waals surface area contributed by atoms with Crippen molar-refractivity contribution in [2.45, 2.75) is 6.54 Å². The molecule has 0 fully saturated rings. The lowest BCUT2D eigenvalue weighted by Crippen LogP contribution is -2.41. The summed E-state index contributed by atoms with van der Waals surface area (Å²) in [5.74, 6) is -0.224. The highest BCUT2D eigenvalue weighted by Gasteiger charge is 2.17. The lowest BCUT2D eigenvalue weighted by molar-refractivity contribution is -0.143. The number of amides is 3. The van der Waals surface area contributed by atoms with Crippen LogP contribution >= 0.6 is 0 Å². The molecule has 5 rings (SSSR count). The number of esters is 1. The van der Waals surface area contributed by atoms with E-state index in [-0.39, 0.29) is 6.54 Å². The molecule has 10 nitrogen and oxygen atoms in total. The number of rotatable bonds is 8. The van der Waals surface area contributed by atoms with Crippen molar-refractivity contribution < 1.29 is 28.6 Å². The van der Waals surface area contributed by atoms with Crippen molar-refractivity contribution in [3.8, 4) is 28.4 Å². The van der Waals surface area contributed by atoms with Crippen LogP contribution in [0.4, 0.5) is 4.79 Å². The maximum Gasteiger partial charge on any atom is 0.331 e. The van der Waals surface area contributed by atoms with Gasteiger partial charge in [-0.15, -0.1) is 0 Å². The van der Waals surface area contributed by atoms with Crippen LogP contribution in [0.2, 0.25) is 0 Å². The summed E-state index contributed by atoms with van der Waals surface area (Å²) in [5, 5.41) is 9.43. The van der Waals surface area contributed by atoms with Crippen LogP contribution in [0.3, 0.4) is 0 Å². The first-order valence-corrected chi connectivity index (χ1v) is 12.6. The van der Waals surface area contributed by atoms with Crippen LogP contribution in [-0.2, 0) is 20.9 Å². The van der Waals surface area contributed by atoms with E-state index in [1.54, 1.807) is 17.0 Å². The van der Waals surface area contributed by atoms with E-state index in [1.807, 2.05) is 78.9 Å². The molecular formula is C30H26N4O6. The molecule has 2 heterocycles. The van der Waals surface area contributed by atoms with Crippen LogP contribution in [0, 0.1) is 0 Å². The zero-order valence-corrected chi connectivity index (χ0v) is 21.4. The SMILES string of the molecule is O=C(COC(=O)/C=C/c1cn(-c2ccccc2)nc1-c1ccc2c(c1)OCCO2)NC(=O)NCc1ccccc1. The van der Waals surface area contributed by atoms with E-state index < -0.39 is 24.5 Å². The number of nitrogens with zero attached hydrogens (tertiary/aromatic N) is 2. The molecule has 10 heteroatoms. The van der Waals surface area contributed by atoms with Gasteiger partial charge in [0.15, 0.2) is 18.1 Å². The van der Waals surface area contributed by atoms with Gasteiger partial charge in [-0.25, -0.2) is 14.3 Å². The van der Waals surface area contributed by atoms with Crippen LogP contribution in [0.5, 0.6) is 11.5 Å². The maximum absolute atomic E-state index is 12.4. The Hall–Kier alpha value is -5.38. The fourth-order valence-electron chi connectivity index (χ4n) is 3.96. The topological polar surface area (TPSA) is 121 Å². The van der Waals surface area contributed by atoms with E-state index in [4.69, 9.17) is 19.3 Å². The predicted octanol–water partition coefficient (Wildman–Crippen LogP) is 3.89. The third kappa shape index (κ3) is 6.73. The number of carbonyl (C=O) groups excluding carboxylic acids is 3. The van der Waals surface area contributed by atoms with Crippen molar-refractivity contribution in [2.75, 3.05) is 19.8 Å². The number of ether oxygens (including phenoxy) is 3. The van der Waals surface area contributed by atoms with Crippen molar-refractivity contribution >= 4 is 24.0 Å². The molecule has 202 valence electrons. The summed E-state index contributed by atoms with van der Waals surface area (Å²) in [4.78, 5) is 36.4. The smallest absolute Gasteiger partial charge is 0.331 e. The molecule has 3 aromatic carbocycles. The van der Waals surface area contributed by atoms with Crippen molar-refractivity contribution in [2.24, 2.45) is 0 Å². The minimum absolute atomic E-state index is 0.255. The second kappa shape index (κ2) is 12.4. The average molecular weight is 539 g/mol. The summed E-state index contributed by atoms with van der Waals surface area (Å²) in [5.41, 5.74) is 3.74. The number of para-hydroxylation sites is 1. The number of carbonyl (C=O) groups is 3. The molecule has 0 saturated carbocycles. The van der Waals surface area contributed by atoms with Gasteiger partial charge < -0.3 is 19.5 Å². The zero-order chi connectivity index (χ0) is 27.7.